The van der Waals surface area contributed by atoms with E-state index in [1.165, 1.54) is 11.3 Å². The van der Waals surface area contributed by atoms with Crippen molar-refractivity contribution in [2.45, 2.75) is 37.8 Å². The van der Waals surface area contributed by atoms with Crippen LogP contribution in [-0.4, -0.2) is 23.2 Å². The number of amides is 1. The Morgan fingerprint density at radius 1 is 1.14 bits per heavy atom. The van der Waals surface area contributed by atoms with Crippen LogP contribution >= 0.6 is 11.3 Å². The van der Waals surface area contributed by atoms with E-state index >= 15 is 0 Å². The van der Waals surface area contributed by atoms with Crippen LogP contribution in [0, 0.1) is 0 Å². The summed E-state index contributed by atoms with van der Waals surface area (Å²) < 4.78 is 0. The van der Waals surface area contributed by atoms with Crippen molar-refractivity contribution in [3.63, 3.8) is 0 Å². The van der Waals surface area contributed by atoms with Gasteiger partial charge in [-0.3, -0.25) is 4.79 Å². The Morgan fingerprint density at radius 2 is 1.90 bits per heavy atom. The van der Waals surface area contributed by atoms with Crippen molar-refractivity contribution in [3.05, 3.63) is 46.7 Å². The first kappa shape index (κ1) is 14.3. The van der Waals surface area contributed by atoms with Gasteiger partial charge in [-0.1, -0.05) is 43.2 Å². The number of rotatable bonds is 3. The van der Waals surface area contributed by atoms with E-state index in [4.69, 9.17) is 0 Å². The zero-order chi connectivity index (χ0) is 14.7. The molecule has 2 N–H and O–H groups in total. The summed E-state index contributed by atoms with van der Waals surface area (Å²) in [5, 5.41) is 14.9. The van der Waals surface area contributed by atoms with Crippen LogP contribution in [0.25, 0.3) is 11.1 Å². The fourth-order valence-corrected chi connectivity index (χ4v) is 3.66. The van der Waals surface area contributed by atoms with Gasteiger partial charge in [0.25, 0.3) is 5.91 Å². The zero-order valence-electron chi connectivity index (χ0n) is 11.8. The van der Waals surface area contributed by atoms with E-state index in [0.717, 1.165) is 41.7 Å². The zero-order valence-corrected chi connectivity index (χ0v) is 12.6. The van der Waals surface area contributed by atoms with Gasteiger partial charge < -0.3 is 10.4 Å². The smallest absolute Gasteiger partial charge is 0.262 e. The number of thiophene rings is 1. The molecule has 1 aromatic carbocycles. The first-order valence-electron chi connectivity index (χ1n) is 7.37. The van der Waals surface area contributed by atoms with Crippen LogP contribution in [0.2, 0.25) is 0 Å². The van der Waals surface area contributed by atoms with Crippen molar-refractivity contribution in [3.8, 4) is 11.1 Å². The second-order valence-electron chi connectivity index (χ2n) is 5.46. The quantitative estimate of drug-likeness (QED) is 0.912. The maximum atomic E-state index is 12.5. The van der Waals surface area contributed by atoms with Crippen LogP contribution in [-0.2, 0) is 0 Å². The molecule has 3 nitrogen and oxygen atoms in total. The molecule has 110 valence electrons. The SMILES string of the molecule is O=C(N[C@@H]1CCCC[C@H]1O)c1sccc1-c1ccccc1. The molecule has 0 bridgehead atoms. The molecule has 1 amide bonds. The summed E-state index contributed by atoms with van der Waals surface area (Å²) in [6, 6.07) is 11.8. The molecule has 0 saturated heterocycles. The Bertz CT molecular complexity index is 608. The second kappa shape index (κ2) is 6.41. The van der Waals surface area contributed by atoms with Crippen molar-refractivity contribution in [1.82, 2.24) is 5.32 Å². The van der Waals surface area contributed by atoms with E-state index in [0.29, 0.717) is 0 Å². The number of hydrogen-bond acceptors (Lipinski definition) is 3. The topological polar surface area (TPSA) is 49.3 Å². The van der Waals surface area contributed by atoms with E-state index in [1.807, 2.05) is 41.8 Å². The highest BCUT2D eigenvalue weighted by molar-refractivity contribution is 7.12. The highest BCUT2D eigenvalue weighted by Crippen LogP contribution is 2.28. The first-order valence-corrected chi connectivity index (χ1v) is 8.25. The fraction of sp³-hybridized carbons (Fsp3) is 0.353. The maximum absolute atomic E-state index is 12.5. The molecule has 4 heteroatoms. The minimum Gasteiger partial charge on any atom is -0.391 e. The number of aliphatic hydroxyl groups excluding tert-OH is 1. The molecule has 1 fully saturated rings. The van der Waals surface area contributed by atoms with Crippen LogP contribution in [0.1, 0.15) is 35.4 Å². The first-order chi connectivity index (χ1) is 10.3. The molecular weight excluding hydrogens is 282 g/mol. The van der Waals surface area contributed by atoms with Gasteiger partial charge in [0.1, 0.15) is 0 Å². The van der Waals surface area contributed by atoms with Gasteiger partial charge in [0, 0.05) is 5.56 Å². The third-order valence-corrected chi connectivity index (χ3v) is 4.92. The Hall–Kier alpha value is -1.65. The summed E-state index contributed by atoms with van der Waals surface area (Å²) in [6.45, 7) is 0. The molecule has 0 unspecified atom stereocenters. The highest BCUT2D eigenvalue weighted by atomic mass is 32.1. The van der Waals surface area contributed by atoms with E-state index in [9.17, 15) is 9.90 Å². The number of aliphatic hydroxyl groups is 1. The number of carbonyl (C=O) groups is 1. The van der Waals surface area contributed by atoms with Crippen molar-refractivity contribution >= 4 is 17.2 Å². The molecule has 1 heterocycles. The molecule has 1 aliphatic rings. The molecule has 1 saturated carbocycles. The standard InChI is InChI=1S/C17H19NO2S/c19-15-9-5-4-8-14(15)18-17(20)16-13(10-11-21-16)12-6-2-1-3-7-12/h1-3,6-7,10-11,14-15,19H,4-5,8-9H2,(H,18,20)/t14-,15-/m1/s1. The van der Waals surface area contributed by atoms with Gasteiger partial charge in [-0.05, 0) is 29.9 Å². The Morgan fingerprint density at radius 3 is 2.67 bits per heavy atom. The van der Waals surface area contributed by atoms with Crippen LogP contribution in [0.4, 0.5) is 0 Å². The van der Waals surface area contributed by atoms with Crippen molar-refractivity contribution < 1.29 is 9.90 Å². The van der Waals surface area contributed by atoms with Gasteiger partial charge in [0.05, 0.1) is 17.0 Å². The lowest BCUT2D eigenvalue weighted by Gasteiger charge is -2.28. The van der Waals surface area contributed by atoms with Gasteiger partial charge in [0.15, 0.2) is 0 Å². The lowest BCUT2D eigenvalue weighted by Crippen LogP contribution is -2.44. The summed E-state index contributed by atoms with van der Waals surface area (Å²) in [6.07, 6.45) is 3.34. The minimum atomic E-state index is -0.414. The van der Waals surface area contributed by atoms with Crippen LogP contribution in [0.15, 0.2) is 41.8 Å². The van der Waals surface area contributed by atoms with E-state index in [-0.39, 0.29) is 11.9 Å². The van der Waals surface area contributed by atoms with Gasteiger partial charge >= 0.3 is 0 Å². The Kier molecular flexibility index (Phi) is 4.36. The predicted molar refractivity (Wildman–Crippen MR) is 85.5 cm³/mol. The molecule has 21 heavy (non-hydrogen) atoms. The average molecular weight is 301 g/mol. The second-order valence-corrected chi connectivity index (χ2v) is 6.38. The average Bonchev–Trinajstić information content (AvgIpc) is 3.00. The molecule has 3 rings (SSSR count). The summed E-state index contributed by atoms with van der Waals surface area (Å²) in [5.41, 5.74) is 2.01. The third-order valence-electron chi connectivity index (χ3n) is 4.00. The van der Waals surface area contributed by atoms with Gasteiger partial charge in [-0.2, -0.15) is 0 Å². The number of nitrogens with one attached hydrogen (secondary N) is 1. The molecular formula is C17H19NO2S. The van der Waals surface area contributed by atoms with E-state index in [2.05, 4.69) is 5.32 Å². The van der Waals surface area contributed by atoms with Gasteiger partial charge in [0.2, 0.25) is 0 Å². The third kappa shape index (κ3) is 3.17. The normalized spacial score (nSPS) is 22.0. The minimum absolute atomic E-state index is 0.0743. The van der Waals surface area contributed by atoms with E-state index < -0.39 is 6.10 Å². The van der Waals surface area contributed by atoms with Gasteiger partial charge in [-0.25, -0.2) is 0 Å². The number of benzene rings is 1. The van der Waals surface area contributed by atoms with Gasteiger partial charge in [-0.15, -0.1) is 11.3 Å². The monoisotopic (exact) mass is 301 g/mol. The van der Waals surface area contributed by atoms with Crippen LogP contribution < -0.4 is 5.32 Å². The summed E-state index contributed by atoms with van der Waals surface area (Å²) in [5.74, 6) is -0.0743. The molecule has 1 aliphatic carbocycles. The molecule has 0 aliphatic heterocycles. The highest BCUT2D eigenvalue weighted by Gasteiger charge is 2.26. The maximum Gasteiger partial charge on any atom is 0.262 e. The molecule has 2 aromatic rings. The lowest BCUT2D eigenvalue weighted by atomic mass is 9.92. The Balaban J connectivity index is 1.78. The molecule has 0 spiro atoms. The summed E-state index contributed by atoms with van der Waals surface area (Å²) in [7, 11) is 0. The van der Waals surface area contributed by atoms with Crippen molar-refractivity contribution in [2.24, 2.45) is 0 Å². The van der Waals surface area contributed by atoms with Crippen molar-refractivity contribution in [1.29, 1.82) is 0 Å². The van der Waals surface area contributed by atoms with Crippen LogP contribution in [0.5, 0.6) is 0 Å². The molecule has 1 aromatic heterocycles. The van der Waals surface area contributed by atoms with Crippen LogP contribution in [0.3, 0.4) is 0 Å². The Labute approximate surface area is 128 Å². The van der Waals surface area contributed by atoms with E-state index in [1.54, 1.807) is 0 Å². The predicted octanol–water partition coefficient (Wildman–Crippen LogP) is 3.45. The lowest BCUT2D eigenvalue weighted by molar-refractivity contribution is 0.0720. The van der Waals surface area contributed by atoms with Crippen molar-refractivity contribution in [2.75, 3.05) is 0 Å². The largest absolute Gasteiger partial charge is 0.391 e. The number of hydrogen-bond donors (Lipinski definition) is 2. The number of carbonyl (C=O) groups excluding carboxylic acids is 1. The fourth-order valence-electron chi connectivity index (χ4n) is 2.84. The summed E-state index contributed by atoms with van der Waals surface area (Å²) in [4.78, 5) is 13.2. The summed E-state index contributed by atoms with van der Waals surface area (Å²) >= 11 is 1.45. The molecule has 0 radical (unpaired) electrons. The molecule has 2 atom stereocenters.